The smallest absolute Gasteiger partial charge is 0.141 e. The zero-order valence-electron chi connectivity index (χ0n) is 14.9. The largest absolute Gasteiger partial charge is 0.386 e. The van der Waals surface area contributed by atoms with Crippen molar-refractivity contribution in [3.8, 4) is 11.1 Å². The highest BCUT2D eigenvalue weighted by molar-refractivity contribution is 5.93. The van der Waals surface area contributed by atoms with Gasteiger partial charge in [-0.1, -0.05) is 17.3 Å². The molecule has 2 heterocycles. The van der Waals surface area contributed by atoms with Gasteiger partial charge in [0.05, 0.1) is 23.2 Å². The van der Waals surface area contributed by atoms with Gasteiger partial charge in [-0.25, -0.2) is 9.37 Å². The summed E-state index contributed by atoms with van der Waals surface area (Å²) in [7, 11) is 1.88. The first-order valence-electron chi connectivity index (χ1n) is 8.41. The summed E-state index contributed by atoms with van der Waals surface area (Å²) in [5.41, 5.74) is 6.72. The lowest BCUT2D eigenvalue weighted by Crippen LogP contribution is -1.99. The highest BCUT2D eigenvalue weighted by Gasteiger charge is 2.16. The Kier molecular flexibility index (Phi) is 3.95. The van der Waals surface area contributed by atoms with Crippen LogP contribution in [0.2, 0.25) is 0 Å². The van der Waals surface area contributed by atoms with Crippen molar-refractivity contribution in [1.29, 1.82) is 0 Å². The normalized spacial score (nSPS) is 11.2. The van der Waals surface area contributed by atoms with E-state index in [-0.39, 0.29) is 5.82 Å². The summed E-state index contributed by atoms with van der Waals surface area (Å²) in [6.07, 6.45) is 1.81. The van der Waals surface area contributed by atoms with Crippen LogP contribution >= 0.6 is 0 Å². The Bertz CT molecular complexity index is 1060. The van der Waals surface area contributed by atoms with Crippen LogP contribution in [-0.4, -0.2) is 21.8 Å². The molecule has 4 aromatic rings. The number of rotatable bonds is 4. The molecule has 26 heavy (non-hydrogen) atoms. The molecule has 0 unspecified atom stereocenters. The third-order valence-corrected chi connectivity index (χ3v) is 4.58. The number of imidazole rings is 1. The first-order chi connectivity index (χ1) is 12.6. The molecule has 2 aromatic heterocycles. The predicted molar refractivity (Wildman–Crippen MR) is 99.8 cm³/mol. The number of aryl methyl sites for hydroxylation is 2. The molecule has 1 N–H and O–H groups in total. The molecule has 0 aliphatic rings. The Labute approximate surface area is 150 Å². The van der Waals surface area contributed by atoms with Crippen molar-refractivity contribution in [3.05, 3.63) is 65.6 Å². The van der Waals surface area contributed by atoms with E-state index in [1.807, 2.05) is 27.2 Å². The fourth-order valence-corrected chi connectivity index (χ4v) is 3.31. The summed E-state index contributed by atoms with van der Waals surface area (Å²) >= 11 is 0. The van der Waals surface area contributed by atoms with E-state index >= 15 is 0 Å². The van der Waals surface area contributed by atoms with Crippen LogP contribution in [0.3, 0.4) is 0 Å². The second kappa shape index (κ2) is 6.29. The van der Waals surface area contributed by atoms with Gasteiger partial charge in [-0.2, -0.15) is 0 Å². The van der Waals surface area contributed by atoms with E-state index in [0.717, 1.165) is 44.9 Å². The maximum atomic E-state index is 13.2. The van der Waals surface area contributed by atoms with Gasteiger partial charge in [0.2, 0.25) is 0 Å². The van der Waals surface area contributed by atoms with Gasteiger partial charge < -0.3 is 14.4 Å². The molecule has 0 amide bonds. The molecular weight excluding hydrogens is 331 g/mol. The van der Waals surface area contributed by atoms with Gasteiger partial charge in [-0.05, 0) is 49.2 Å². The number of nitrogens with one attached hydrogen (secondary N) is 1. The lowest BCUT2D eigenvalue weighted by molar-refractivity contribution is 0.393. The van der Waals surface area contributed by atoms with E-state index in [1.54, 1.807) is 12.1 Å². The number of benzene rings is 2. The molecule has 132 valence electrons. The van der Waals surface area contributed by atoms with Crippen molar-refractivity contribution in [1.82, 2.24) is 14.7 Å². The number of hydrogen-bond acceptors (Lipinski definition) is 4. The van der Waals surface area contributed by atoms with E-state index in [9.17, 15) is 4.39 Å². The highest BCUT2D eigenvalue weighted by atomic mass is 19.1. The molecule has 0 fully saturated rings. The van der Waals surface area contributed by atoms with Crippen LogP contribution in [0.25, 0.3) is 22.2 Å². The van der Waals surface area contributed by atoms with E-state index in [0.29, 0.717) is 6.54 Å². The zero-order valence-corrected chi connectivity index (χ0v) is 14.9. The third-order valence-electron chi connectivity index (χ3n) is 4.58. The van der Waals surface area contributed by atoms with Gasteiger partial charge in [-0.3, -0.25) is 0 Å². The Morgan fingerprint density at radius 2 is 1.92 bits per heavy atom. The molecule has 0 atom stereocenters. The second-order valence-corrected chi connectivity index (χ2v) is 6.34. The van der Waals surface area contributed by atoms with Gasteiger partial charge in [0.15, 0.2) is 0 Å². The van der Waals surface area contributed by atoms with E-state index in [1.165, 1.54) is 12.1 Å². The van der Waals surface area contributed by atoms with Crippen molar-refractivity contribution >= 4 is 16.7 Å². The predicted octanol–water partition coefficient (Wildman–Crippen LogP) is 4.54. The van der Waals surface area contributed by atoms with Crippen LogP contribution in [0.15, 0.2) is 47.2 Å². The lowest BCUT2D eigenvalue weighted by Gasteiger charge is -2.09. The van der Waals surface area contributed by atoms with Crippen LogP contribution in [0.1, 0.15) is 17.0 Å². The van der Waals surface area contributed by atoms with Crippen LogP contribution in [0, 0.1) is 19.7 Å². The number of hydrogen-bond donors (Lipinski definition) is 1. The molecule has 2 aromatic carbocycles. The molecule has 0 saturated carbocycles. The first-order valence-corrected chi connectivity index (χ1v) is 8.41. The minimum absolute atomic E-state index is 0.234. The first kappa shape index (κ1) is 16.3. The van der Waals surface area contributed by atoms with Gasteiger partial charge >= 0.3 is 0 Å². The molecule has 0 aliphatic carbocycles. The van der Waals surface area contributed by atoms with Gasteiger partial charge in [0.25, 0.3) is 0 Å². The fourth-order valence-electron chi connectivity index (χ4n) is 3.31. The summed E-state index contributed by atoms with van der Waals surface area (Å²) in [6.45, 7) is 4.46. The summed E-state index contributed by atoms with van der Waals surface area (Å²) in [4.78, 5) is 4.56. The lowest BCUT2D eigenvalue weighted by atomic mass is 10.0. The second-order valence-electron chi connectivity index (χ2n) is 6.34. The minimum atomic E-state index is -0.234. The quantitative estimate of drug-likeness (QED) is 0.587. The Balaban J connectivity index is 1.85. The van der Waals surface area contributed by atoms with Crippen molar-refractivity contribution in [2.24, 2.45) is 0 Å². The van der Waals surface area contributed by atoms with Crippen molar-refractivity contribution in [3.63, 3.8) is 0 Å². The molecule has 0 saturated heterocycles. The van der Waals surface area contributed by atoms with E-state index in [2.05, 4.69) is 32.2 Å². The van der Waals surface area contributed by atoms with Crippen LogP contribution in [0.5, 0.6) is 0 Å². The summed E-state index contributed by atoms with van der Waals surface area (Å²) in [5.74, 6) is 0.552. The third kappa shape index (κ3) is 2.73. The molecular formula is C20H19FN4O. The van der Waals surface area contributed by atoms with Gasteiger partial charge in [-0.15, -0.1) is 0 Å². The molecule has 5 nitrogen and oxygen atoms in total. The molecule has 0 spiro atoms. The van der Waals surface area contributed by atoms with Crippen molar-refractivity contribution in [2.75, 3.05) is 12.4 Å². The number of fused-ring (bicyclic) bond motifs is 1. The van der Waals surface area contributed by atoms with Crippen molar-refractivity contribution in [2.45, 2.75) is 20.4 Å². The number of halogens is 1. The number of anilines is 1. The van der Waals surface area contributed by atoms with E-state index in [4.69, 9.17) is 4.52 Å². The van der Waals surface area contributed by atoms with E-state index < -0.39 is 0 Å². The standard InChI is InChI=1S/C20H19FN4O/c1-12-19(13(2)26-24-12)15-8-17(22-3)20-18(9-15)25(11-23-20)10-14-4-6-16(21)7-5-14/h4-9,11,22H,10H2,1-3H3. The van der Waals surface area contributed by atoms with Crippen LogP contribution in [0.4, 0.5) is 10.1 Å². The summed E-state index contributed by atoms with van der Waals surface area (Å²) < 4.78 is 20.5. The summed E-state index contributed by atoms with van der Waals surface area (Å²) in [6, 6.07) is 10.7. The monoisotopic (exact) mass is 350 g/mol. The maximum absolute atomic E-state index is 13.2. The molecule has 0 bridgehead atoms. The average Bonchev–Trinajstić information content (AvgIpc) is 3.19. The SMILES string of the molecule is CNc1cc(-c2c(C)noc2C)cc2c1ncn2Cc1ccc(F)cc1. The van der Waals surface area contributed by atoms with Crippen LogP contribution in [-0.2, 0) is 6.54 Å². The minimum Gasteiger partial charge on any atom is -0.386 e. The molecule has 0 radical (unpaired) electrons. The Morgan fingerprint density at radius 1 is 1.15 bits per heavy atom. The summed E-state index contributed by atoms with van der Waals surface area (Å²) in [5, 5.41) is 7.28. The fraction of sp³-hybridized carbons (Fsp3) is 0.200. The topological polar surface area (TPSA) is 55.9 Å². The zero-order chi connectivity index (χ0) is 18.3. The number of aromatic nitrogens is 3. The Morgan fingerprint density at radius 3 is 2.58 bits per heavy atom. The molecule has 0 aliphatic heterocycles. The van der Waals surface area contributed by atoms with Gasteiger partial charge in [0.1, 0.15) is 17.1 Å². The maximum Gasteiger partial charge on any atom is 0.141 e. The van der Waals surface area contributed by atoms with Crippen LogP contribution < -0.4 is 5.32 Å². The average molecular weight is 350 g/mol. The number of nitrogens with zero attached hydrogens (tertiary/aromatic N) is 3. The highest BCUT2D eigenvalue weighted by Crippen LogP contribution is 2.33. The van der Waals surface area contributed by atoms with Crippen molar-refractivity contribution < 1.29 is 8.91 Å². The molecule has 6 heteroatoms. The van der Waals surface area contributed by atoms with Gasteiger partial charge in [0, 0.05) is 19.2 Å². The molecule has 4 rings (SSSR count). The Hall–Kier alpha value is -3.15.